The van der Waals surface area contributed by atoms with Gasteiger partial charge in [-0.2, -0.15) is 5.10 Å². The van der Waals surface area contributed by atoms with Crippen LogP contribution in [0, 0.1) is 6.92 Å². The van der Waals surface area contributed by atoms with E-state index in [0.717, 1.165) is 22.2 Å². The third-order valence-electron chi connectivity index (χ3n) is 5.68. The van der Waals surface area contributed by atoms with Crippen molar-refractivity contribution in [1.82, 2.24) is 20.1 Å². The van der Waals surface area contributed by atoms with E-state index in [9.17, 15) is 4.79 Å². The first-order valence-corrected chi connectivity index (χ1v) is 10.5. The van der Waals surface area contributed by atoms with E-state index in [1.54, 1.807) is 10.9 Å². The summed E-state index contributed by atoms with van der Waals surface area (Å²) in [5.74, 6) is 0.513. The van der Waals surface area contributed by atoms with Crippen molar-refractivity contribution in [2.45, 2.75) is 18.9 Å². The molecule has 1 atom stereocenters. The third-order valence-corrected chi connectivity index (χ3v) is 5.68. The fourth-order valence-electron chi connectivity index (χ4n) is 4.18. The highest BCUT2D eigenvalue weighted by Crippen LogP contribution is 2.40. The van der Waals surface area contributed by atoms with Crippen molar-refractivity contribution in [2.24, 2.45) is 7.05 Å². The minimum atomic E-state index is -0.781. The lowest BCUT2D eigenvalue weighted by Gasteiger charge is -2.39. The molecule has 0 radical (unpaired) electrons. The fraction of sp³-hybridized carbons (Fsp3) is 0.200. The highest BCUT2D eigenvalue weighted by Gasteiger charge is 2.42. The number of aromatic nitrogens is 3. The van der Waals surface area contributed by atoms with Crippen LogP contribution in [0.15, 0.2) is 67.0 Å². The minimum Gasteiger partial charge on any atom is -0.491 e. The molecule has 1 amide bonds. The van der Waals surface area contributed by atoms with Crippen LogP contribution in [0.3, 0.4) is 0 Å². The molecule has 33 heavy (non-hydrogen) atoms. The summed E-state index contributed by atoms with van der Waals surface area (Å²) in [6, 6.07) is 17.6. The van der Waals surface area contributed by atoms with Gasteiger partial charge in [-0.3, -0.25) is 19.3 Å². The monoisotopic (exact) mass is 444 g/mol. The number of nitrogens with zero attached hydrogens (tertiary/aromatic N) is 3. The van der Waals surface area contributed by atoms with Gasteiger partial charge in [-0.05, 0) is 30.7 Å². The van der Waals surface area contributed by atoms with Crippen molar-refractivity contribution in [1.29, 1.82) is 0 Å². The smallest absolute Gasteiger partial charge is 0.290 e. The quantitative estimate of drug-likeness (QED) is 0.469. The standard InChI is InChI=1S/C24H22N4O2.CH2O2/c1-16-8-10-18(11-9-16)24(12-14-30-20-7-4-13-25-22(20)24)26-23(29)19-6-3-5-17-15-28(2)27-21(17)19;2-1-3/h3-11,13,15H,12,14H2,1-2H3,(H,26,29);1H,(H,2,3)/t24-;/m0./s1. The van der Waals surface area contributed by atoms with Crippen LogP contribution in [-0.4, -0.2) is 38.9 Å². The maximum absolute atomic E-state index is 13.6. The van der Waals surface area contributed by atoms with Gasteiger partial charge in [-0.15, -0.1) is 0 Å². The lowest BCUT2D eigenvalue weighted by atomic mass is 9.81. The second kappa shape index (κ2) is 9.12. The van der Waals surface area contributed by atoms with Gasteiger partial charge in [-0.25, -0.2) is 0 Å². The predicted octanol–water partition coefficient (Wildman–Crippen LogP) is 3.43. The van der Waals surface area contributed by atoms with Crippen LogP contribution in [0.1, 0.15) is 33.6 Å². The van der Waals surface area contributed by atoms with Crippen LogP contribution in [-0.2, 0) is 17.4 Å². The van der Waals surface area contributed by atoms with Crippen LogP contribution in [0.25, 0.3) is 10.9 Å². The number of aryl methyl sites for hydroxylation is 2. The molecular weight excluding hydrogens is 420 g/mol. The number of pyridine rings is 1. The Bertz CT molecular complexity index is 1300. The Morgan fingerprint density at radius 3 is 2.70 bits per heavy atom. The van der Waals surface area contributed by atoms with E-state index in [2.05, 4.69) is 39.7 Å². The summed E-state index contributed by atoms with van der Waals surface area (Å²) in [6.07, 6.45) is 4.24. The summed E-state index contributed by atoms with van der Waals surface area (Å²) >= 11 is 0. The molecule has 4 aromatic rings. The number of nitrogens with one attached hydrogen (secondary N) is 1. The van der Waals surface area contributed by atoms with Crippen LogP contribution in [0.5, 0.6) is 5.75 Å². The van der Waals surface area contributed by atoms with Gasteiger partial charge in [0.15, 0.2) is 0 Å². The number of carbonyl (C=O) groups is 2. The SMILES string of the molecule is Cc1ccc([C@@]2(NC(=O)c3cccc4cn(C)nc34)CCOc3cccnc32)cc1.O=CO. The van der Waals surface area contributed by atoms with E-state index in [-0.39, 0.29) is 12.4 Å². The van der Waals surface area contributed by atoms with Crippen LogP contribution in [0.2, 0.25) is 0 Å². The first-order valence-electron chi connectivity index (χ1n) is 10.5. The van der Waals surface area contributed by atoms with E-state index in [1.807, 2.05) is 50.5 Å². The summed E-state index contributed by atoms with van der Waals surface area (Å²) in [5, 5.41) is 15.6. The Morgan fingerprint density at radius 2 is 1.94 bits per heavy atom. The zero-order chi connectivity index (χ0) is 23.4. The van der Waals surface area contributed by atoms with E-state index in [4.69, 9.17) is 14.6 Å². The van der Waals surface area contributed by atoms with Crippen molar-refractivity contribution < 1.29 is 19.4 Å². The second-order valence-electron chi connectivity index (χ2n) is 7.83. The van der Waals surface area contributed by atoms with Gasteiger partial charge < -0.3 is 15.2 Å². The van der Waals surface area contributed by atoms with E-state index in [0.29, 0.717) is 29.9 Å². The van der Waals surface area contributed by atoms with Crippen LogP contribution in [0.4, 0.5) is 0 Å². The third kappa shape index (κ3) is 4.15. The Labute approximate surface area is 190 Å². The number of hydrogen-bond donors (Lipinski definition) is 2. The van der Waals surface area contributed by atoms with Gasteiger partial charge in [0.25, 0.3) is 12.4 Å². The highest BCUT2D eigenvalue weighted by atomic mass is 16.5. The van der Waals surface area contributed by atoms with Gasteiger partial charge in [0.2, 0.25) is 0 Å². The van der Waals surface area contributed by atoms with Gasteiger partial charge in [0, 0.05) is 31.2 Å². The minimum absolute atomic E-state index is 0.182. The number of amides is 1. The molecule has 0 spiro atoms. The van der Waals surface area contributed by atoms with Gasteiger partial charge in [0.1, 0.15) is 22.5 Å². The molecule has 1 aliphatic rings. The number of carbonyl (C=O) groups excluding carboxylic acids is 1. The predicted molar refractivity (Wildman–Crippen MR) is 123 cm³/mol. The molecule has 2 N–H and O–H groups in total. The first kappa shape index (κ1) is 22.0. The Hall–Kier alpha value is -4.20. The number of hydrogen-bond acceptors (Lipinski definition) is 5. The number of benzene rings is 2. The molecule has 0 bridgehead atoms. The largest absolute Gasteiger partial charge is 0.491 e. The second-order valence-corrected chi connectivity index (χ2v) is 7.83. The molecule has 8 nitrogen and oxygen atoms in total. The molecule has 0 fully saturated rings. The van der Waals surface area contributed by atoms with E-state index in [1.165, 1.54) is 0 Å². The molecule has 168 valence electrons. The lowest BCUT2D eigenvalue weighted by Crippen LogP contribution is -2.50. The Morgan fingerprint density at radius 1 is 1.18 bits per heavy atom. The highest BCUT2D eigenvalue weighted by molar-refractivity contribution is 6.05. The van der Waals surface area contributed by atoms with Crippen molar-refractivity contribution in [3.8, 4) is 5.75 Å². The molecule has 0 saturated heterocycles. The van der Waals surface area contributed by atoms with E-state index >= 15 is 0 Å². The maximum atomic E-state index is 13.6. The summed E-state index contributed by atoms with van der Waals surface area (Å²) < 4.78 is 7.58. The summed E-state index contributed by atoms with van der Waals surface area (Å²) in [7, 11) is 1.86. The fourth-order valence-corrected chi connectivity index (χ4v) is 4.18. The molecule has 0 saturated carbocycles. The number of fused-ring (bicyclic) bond motifs is 2. The Kier molecular flexibility index (Phi) is 6.08. The molecule has 8 heteroatoms. The molecule has 0 aliphatic carbocycles. The van der Waals surface area contributed by atoms with Crippen LogP contribution < -0.4 is 10.1 Å². The number of ether oxygens (including phenoxy) is 1. The molecule has 2 aromatic heterocycles. The zero-order valence-electron chi connectivity index (χ0n) is 18.4. The topological polar surface area (TPSA) is 106 Å². The average molecular weight is 444 g/mol. The normalized spacial score (nSPS) is 16.7. The van der Waals surface area contributed by atoms with Crippen molar-refractivity contribution in [2.75, 3.05) is 6.61 Å². The summed E-state index contributed by atoms with van der Waals surface area (Å²) in [6.45, 7) is 2.29. The molecule has 2 aromatic carbocycles. The van der Waals surface area contributed by atoms with Gasteiger partial charge in [0.05, 0.1) is 12.2 Å². The number of carboxylic acid groups (broad SMARTS) is 1. The summed E-state index contributed by atoms with van der Waals surface area (Å²) in [5.41, 5.74) is 3.32. The first-order chi connectivity index (χ1) is 16.0. The van der Waals surface area contributed by atoms with Crippen molar-refractivity contribution in [3.63, 3.8) is 0 Å². The van der Waals surface area contributed by atoms with Crippen molar-refractivity contribution in [3.05, 3.63) is 89.4 Å². The Balaban J connectivity index is 0.000000821. The van der Waals surface area contributed by atoms with Gasteiger partial charge in [-0.1, -0.05) is 42.0 Å². The van der Waals surface area contributed by atoms with Gasteiger partial charge >= 0.3 is 0 Å². The molecule has 0 unspecified atom stereocenters. The molecule has 3 heterocycles. The van der Waals surface area contributed by atoms with Crippen LogP contribution >= 0.6 is 0 Å². The molecule has 1 aliphatic heterocycles. The average Bonchev–Trinajstić information content (AvgIpc) is 3.20. The zero-order valence-corrected chi connectivity index (χ0v) is 18.4. The lowest BCUT2D eigenvalue weighted by molar-refractivity contribution is -0.122. The maximum Gasteiger partial charge on any atom is 0.290 e. The van der Waals surface area contributed by atoms with E-state index < -0.39 is 5.54 Å². The molecule has 5 rings (SSSR count). The van der Waals surface area contributed by atoms with Crippen molar-refractivity contribution >= 4 is 23.3 Å². The number of rotatable bonds is 3. The summed E-state index contributed by atoms with van der Waals surface area (Å²) in [4.78, 5) is 26.5. The molecular formula is C25H24N4O4.